The van der Waals surface area contributed by atoms with Crippen LogP contribution < -0.4 is 8.61 Å². The zero-order valence-electron chi connectivity index (χ0n) is 15.2. The Kier molecular flexibility index (Phi) is 3.65. The van der Waals surface area contributed by atoms with E-state index in [1.165, 1.54) is 15.7 Å². The van der Waals surface area contributed by atoms with Crippen molar-refractivity contribution in [2.45, 2.75) is 44.6 Å². The molecule has 4 atom stereocenters. The van der Waals surface area contributed by atoms with Gasteiger partial charge in [0.1, 0.15) is 5.69 Å². The number of aromatic nitrogens is 1. The van der Waals surface area contributed by atoms with E-state index in [4.69, 9.17) is 0 Å². The molecule has 0 spiro atoms. The highest BCUT2D eigenvalue weighted by Crippen LogP contribution is 2.63. The Morgan fingerprint density at radius 2 is 1.96 bits per heavy atom. The summed E-state index contributed by atoms with van der Waals surface area (Å²) >= 11 is 0. The van der Waals surface area contributed by atoms with Gasteiger partial charge in [-0.1, -0.05) is 6.92 Å². The maximum Gasteiger partial charge on any atom is 0.253 e. The molecule has 4 unspecified atom stereocenters. The highest BCUT2D eigenvalue weighted by Gasteiger charge is 2.59. The average Bonchev–Trinajstić information content (AvgIpc) is 3.35. The van der Waals surface area contributed by atoms with Crippen molar-refractivity contribution in [1.29, 1.82) is 0 Å². The first-order valence-corrected chi connectivity index (χ1v) is 10.2. The van der Waals surface area contributed by atoms with Crippen LogP contribution in [0, 0.1) is 17.8 Å². The Hall–Kier alpha value is -1.16. The molecule has 0 bridgehead atoms. The standard InChI is InChI=1S/C17H25F2N3O3S/c1-9-13(14(9)16(2,3)23)11-5-6-12-15(20-11)21(4)26(24,25)22(12)8-10-7-17(10,18)19/h5-6,9-10,13-14,23-25H,7-8H2,1-4H3. The summed E-state index contributed by atoms with van der Waals surface area (Å²) in [6.07, 6.45) is -0.226. The zero-order valence-corrected chi connectivity index (χ0v) is 16.0. The van der Waals surface area contributed by atoms with E-state index >= 15 is 0 Å². The van der Waals surface area contributed by atoms with Gasteiger partial charge in [-0.3, -0.25) is 9.11 Å². The maximum absolute atomic E-state index is 13.3. The third-order valence-electron chi connectivity index (χ3n) is 5.98. The van der Waals surface area contributed by atoms with Gasteiger partial charge >= 0.3 is 0 Å². The molecule has 0 amide bonds. The molecule has 4 rings (SSSR count). The summed E-state index contributed by atoms with van der Waals surface area (Å²) in [4.78, 5) is 4.61. The molecule has 2 aliphatic carbocycles. The van der Waals surface area contributed by atoms with Crippen LogP contribution in [-0.4, -0.2) is 44.3 Å². The molecule has 0 radical (unpaired) electrons. The van der Waals surface area contributed by atoms with E-state index in [1.807, 2.05) is 0 Å². The third kappa shape index (κ3) is 2.59. The molecule has 2 heterocycles. The normalized spacial score (nSPS) is 35.3. The molecule has 2 saturated carbocycles. The predicted molar refractivity (Wildman–Crippen MR) is 97.6 cm³/mol. The molecule has 146 valence electrons. The lowest BCUT2D eigenvalue weighted by Gasteiger charge is -2.41. The molecule has 1 aromatic rings. The summed E-state index contributed by atoms with van der Waals surface area (Å²) in [5, 5.41) is 10.3. The largest absolute Gasteiger partial charge is 0.390 e. The van der Waals surface area contributed by atoms with Gasteiger partial charge in [0.2, 0.25) is 0 Å². The Balaban J connectivity index is 1.63. The third-order valence-corrected chi connectivity index (χ3v) is 7.83. The average molecular weight is 389 g/mol. The van der Waals surface area contributed by atoms with Crippen LogP contribution >= 0.6 is 11.0 Å². The number of halogens is 2. The minimum atomic E-state index is -3.39. The molecule has 26 heavy (non-hydrogen) atoms. The Morgan fingerprint density at radius 1 is 1.35 bits per heavy atom. The van der Waals surface area contributed by atoms with Crippen molar-refractivity contribution in [3.8, 4) is 0 Å². The molecule has 3 aliphatic rings. The molecule has 3 N–H and O–H groups in total. The molecule has 1 aliphatic heterocycles. The summed E-state index contributed by atoms with van der Waals surface area (Å²) in [6.45, 7) is 5.50. The predicted octanol–water partition coefficient (Wildman–Crippen LogP) is 3.69. The fourth-order valence-corrected chi connectivity index (χ4v) is 5.78. The lowest BCUT2D eigenvalue weighted by atomic mass is 10.00. The summed E-state index contributed by atoms with van der Waals surface area (Å²) in [5.41, 5.74) is 0.430. The second-order valence-corrected chi connectivity index (χ2v) is 10.3. The zero-order chi connectivity index (χ0) is 19.2. The molecular formula is C17H25F2N3O3S. The Bertz CT molecular complexity index is 755. The fraction of sp³-hybridized carbons (Fsp3) is 0.706. The van der Waals surface area contributed by atoms with Crippen LogP contribution in [0.1, 0.15) is 38.8 Å². The van der Waals surface area contributed by atoms with Gasteiger partial charge in [-0.15, -0.1) is 0 Å². The number of aliphatic hydroxyl groups is 1. The van der Waals surface area contributed by atoms with Gasteiger partial charge in [0.05, 0.1) is 5.60 Å². The van der Waals surface area contributed by atoms with Gasteiger partial charge < -0.3 is 5.11 Å². The van der Waals surface area contributed by atoms with Crippen LogP contribution in [0.3, 0.4) is 0 Å². The van der Waals surface area contributed by atoms with Gasteiger partial charge in [0, 0.05) is 37.5 Å². The van der Waals surface area contributed by atoms with Crippen molar-refractivity contribution in [2.75, 3.05) is 22.2 Å². The number of fused-ring (bicyclic) bond motifs is 1. The molecule has 6 nitrogen and oxygen atoms in total. The lowest BCUT2D eigenvalue weighted by Crippen LogP contribution is -2.33. The summed E-state index contributed by atoms with van der Waals surface area (Å²) in [6, 6.07) is 3.53. The topological polar surface area (TPSA) is 80.1 Å². The monoisotopic (exact) mass is 389 g/mol. The smallest absolute Gasteiger partial charge is 0.253 e. The SMILES string of the molecule is CC1C(c2ccc3c(n2)N(C)S(O)(O)N3CC2CC2(F)F)C1C(C)(C)O. The minimum absolute atomic E-state index is 0.0846. The van der Waals surface area contributed by atoms with Crippen LogP contribution in [0.4, 0.5) is 20.3 Å². The molecule has 0 aromatic carbocycles. The van der Waals surface area contributed by atoms with E-state index in [1.54, 1.807) is 26.0 Å². The second kappa shape index (κ2) is 5.21. The minimum Gasteiger partial charge on any atom is -0.390 e. The van der Waals surface area contributed by atoms with Gasteiger partial charge in [0.25, 0.3) is 5.92 Å². The Morgan fingerprint density at radius 3 is 2.46 bits per heavy atom. The molecule has 2 fully saturated rings. The number of rotatable bonds is 4. The van der Waals surface area contributed by atoms with E-state index in [0.29, 0.717) is 11.5 Å². The first kappa shape index (κ1) is 18.2. The van der Waals surface area contributed by atoms with E-state index in [2.05, 4.69) is 11.9 Å². The summed E-state index contributed by atoms with van der Waals surface area (Å²) in [7, 11) is -1.87. The van der Waals surface area contributed by atoms with Gasteiger partial charge in [-0.25, -0.2) is 22.4 Å². The number of hydrogen-bond donors (Lipinski definition) is 3. The second-order valence-electron chi connectivity index (χ2n) is 8.35. The van der Waals surface area contributed by atoms with Crippen LogP contribution in [0.25, 0.3) is 0 Å². The molecule has 0 saturated heterocycles. The van der Waals surface area contributed by atoms with Gasteiger partial charge in [-0.2, -0.15) is 0 Å². The number of alkyl halides is 2. The molecule has 9 heteroatoms. The number of anilines is 2. The van der Waals surface area contributed by atoms with E-state index in [0.717, 1.165) is 5.69 Å². The van der Waals surface area contributed by atoms with Crippen molar-refractivity contribution >= 4 is 22.5 Å². The number of pyridine rings is 1. The van der Waals surface area contributed by atoms with Crippen molar-refractivity contribution in [1.82, 2.24) is 4.98 Å². The highest BCUT2D eigenvalue weighted by molar-refractivity contribution is 8.26. The van der Waals surface area contributed by atoms with Crippen molar-refractivity contribution in [3.05, 3.63) is 17.8 Å². The van der Waals surface area contributed by atoms with Crippen LogP contribution in [0.5, 0.6) is 0 Å². The van der Waals surface area contributed by atoms with Crippen LogP contribution in [0.15, 0.2) is 12.1 Å². The highest BCUT2D eigenvalue weighted by atomic mass is 32.3. The first-order valence-electron chi connectivity index (χ1n) is 8.76. The Labute approximate surface area is 153 Å². The fourth-order valence-electron chi connectivity index (χ4n) is 4.33. The molecule has 1 aromatic heterocycles. The van der Waals surface area contributed by atoms with E-state index < -0.39 is 28.4 Å². The van der Waals surface area contributed by atoms with Crippen molar-refractivity contribution < 1.29 is 23.0 Å². The van der Waals surface area contributed by atoms with Gasteiger partial charge in [-0.05, 0) is 48.8 Å². The van der Waals surface area contributed by atoms with Crippen LogP contribution in [-0.2, 0) is 0 Å². The van der Waals surface area contributed by atoms with Crippen molar-refractivity contribution in [3.63, 3.8) is 0 Å². The van der Waals surface area contributed by atoms with E-state index in [-0.39, 0.29) is 30.7 Å². The first-order chi connectivity index (χ1) is 11.9. The summed E-state index contributed by atoms with van der Waals surface area (Å²) < 4.78 is 50.2. The molecular weight excluding hydrogens is 364 g/mol. The number of nitrogens with zero attached hydrogens (tertiary/aromatic N) is 3. The van der Waals surface area contributed by atoms with E-state index in [9.17, 15) is 23.0 Å². The maximum atomic E-state index is 13.3. The lowest BCUT2D eigenvalue weighted by molar-refractivity contribution is 0.0501. The number of hydrogen-bond acceptors (Lipinski definition) is 6. The van der Waals surface area contributed by atoms with Gasteiger partial charge in [0.15, 0.2) is 5.82 Å². The summed E-state index contributed by atoms with van der Waals surface area (Å²) in [5.74, 6) is -2.75. The van der Waals surface area contributed by atoms with Crippen LogP contribution in [0.2, 0.25) is 0 Å². The van der Waals surface area contributed by atoms with Crippen molar-refractivity contribution in [2.24, 2.45) is 17.8 Å². The quantitative estimate of drug-likeness (QED) is 0.729.